The van der Waals surface area contributed by atoms with Gasteiger partial charge in [-0.05, 0) is 70.6 Å². The van der Waals surface area contributed by atoms with Gasteiger partial charge in [0.1, 0.15) is 13.2 Å². The molecule has 1 unspecified atom stereocenters. The van der Waals surface area contributed by atoms with Crippen molar-refractivity contribution in [3.63, 3.8) is 0 Å². The Bertz CT molecular complexity index is 1500. The SMILES string of the molecule is CC/C=C\C/C=C\C/C=C\C/C=C\C/C=C\C/C=C\CCCCCCCCCCCCCCCCCCC(=O)OCC(COC(=O)CCCCCCCCCCCC)OC(=O)CCCCCCCCCCCCCCCCCCCCC. The summed E-state index contributed by atoms with van der Waals surface area (Å²) >= 11 is 0. The topological polar surface area (TPSA) is 78.9 Å². The van der Waals surface area contributed by atoms with E-state index in [1.165, 1.54) is 238 Å². The van der Waals surface area contributed by atoms with E-state index in [4.69, 9.17) is 14.2 Å². The van der Waals surface area contributed by atoms with Crippen molar-refractivity contribution in [2.24, 2.45) is 0 Å². The quantitative estimate of drug-likeness (QED) is 0.0261. The molecule has 82 heavy (non-hydrogen) atoms. The van der Waals surface area contributed by atoms with Gasteiger partial charge in [0.2, 0.25) is 0 Å². The van der Waals surface area contributed by atoms with Crippen LogP contribution in [0.25, 0.3) is 0 Å². The highest BCUT2D eigenvalue weighted by molar-refractivity contribution is 5.71. The van der Waals surface area contributed by atoms with Crippen molar-refractivity contribution in [1.82, 2.24) is 0 Å². The Hall–Kier alpha value is -3.15. The molecular weight excluding hydrogens is 1010 g/mol. The second-order valence-corrected chi connectivity index (χ2v) is 24.1. The summed E-state index contributed by atoms with van der Waals surface area (Å²) < 4.78 is 17.0. The molecule has 0 heterocycles. The van der Waals surface area contributed by atoms with Gasteiger partial charge in [-0.25, -0.2) is 0 Å². The zero-order chi connectivity index (χ0) is 59.2. The maximum Gasteiger partial charge on any atom is 0.306 e. The normalized spacial score (nSPS) is 12.5. The fourth-order valence-electron chi connectivity index (χ4n) is 10.6. The van der Waals surface area contributed by atoms with Gasteiger partial charge in [0.15, 0.2) is 6.10 Å². The average Bonchev–Trinajstić information content (AvgIpc) is 3.48. The molecule has 476 valence electrons. The summed E-state index contributed by atoms with van der Waals surface area (Å²) in [5, 5.41) is 0. The third-order valence-corrected chi connectivity index (χ3v) is 16.0. The van der Waals surface area contributed by atoms with Gasteiger partial charge in [0.05, 0.1) is 0 Å². The third-order valence-electron chi connectivity index (χ3n) is 16.0. The maximum absolute atomic E-state index is 12.9. The van der Waals surface area contributed by atoms with E-state index in [9.17, 15) is 14.4 Å². The Morgan fingerprint density at radius 3 is 0.744 bits per heavy atom. The Balaban J connectivity index is 4.08. The molecule has 0 N–H and O–H groups in total. The first-order valence-electron chi connectivity index (χ1n) is 35.9. The van der Waals surface area contributed by atoms with Gasteiger partial charge in [-0.2, -0.15) is 0 Å². The van der Waals surface area contributed by atoms with Crippen LogP contribution < -0.4 is 0 Å². The molecule has 0 aromatic heterocycles. The molecule has 0 saturated carbocycles. The van der Waals surface area contributed by atoms with Crippen molar-refractivity contribution in [3.05, 3.63) is 72.9 Å². The second kappa shape index (κ2) is 70.3. The molecule has 1 atom stereocenters. The van der Waals surface area contributed by atoms with Crippen LogP contribution in [0.3, 0.4) is 0 Å². The highest BCUT2D eigenvalue weighted by Gasteiger charge is 2.19. The summed E-state index contributed by atoms with van der Waals surface area (Å²) in [5.74, 6) is -0.844. The molecule has 0 radical (unpaired) electrons. The first-order valence-corrected chi connectivity index (χ1v) is 35.9. The van der Waals surface area contributed by atoms with E-state index in [0.717, 1.165) is 96.3 Å². The molecule has 0 saturated heterocycles. The Labute approximate surface area is 510 Å². The second-order valence-electron chi connectivity index (χ2n) is 24.1. The summed E-state index contributed by atoms with van der Waals surface area (Å²) in [5.41, 5.74) is 0. The first-order chi connectivity index (χ1) is 40.5. The fourth-order valence-corrected chi connectivity index (χ4v) is 10.6. The molecule has 0 fully saturated rings. The molecule has 0 rings (SSSR count). The Morgan fingerprint density at radius 2 is 0.476 bits per heavy atom. The lowest BCUT2D eigenvalue weighted by Crippen LogP contribution is -2.30. The molecular formula is C76H136O6. The van der Waals surface area contributed by atoms with Gasteiger partial charge in [-0.15, -0.1) is 0 Å². The van der Waals surface area contributed by atoms with E-state index in [-0.39, 0.29) is 31.1 Å². The first kappa shape index (κ1) is 78.8. The Kier molecular flexibility index (Phi) is 67.6. The van der Waals surface area contributed by atoms with Crippen molar-refractivity contribution in [3.8, 4) is 0 Å². The lowest BCUT2D eigenvalue weighted by atomic mass is 10.0. The van der Waals surface area contributed by atoms with Gasteiger partial charge >= 0.3 is 17.9 Å². The number of esters is 3. The zero-order valence-corrected chi connectivity index (χ0v) is 54.8. The van der Waals surface area contributed by atoms with Crippen LogP contribution in [0.2, 0.25) is 0 Å². The number of allylic oxidation sites excluding steroid dienone is 12. The van der Waals surface area contributed by atoms with E-state index >= 15 is 0 Å². The standard InChI is InChI=1S/C76H136O6/c1-4-7-10-13-16-19-22-24-26-28-30-31-32-33-34-35-36-37-38-39-40-41-42-43-44-45-47-48-50-52-54-57-60-63-66-69-75(78)81-72-73(71-80-74(77)68-65-62-59-56-21-18-15-12-9-6-3)82-76(79)70-67-64-61-58-55-53-51-49-46-29-27-25-23-20-17-14-11-8-5-2/h7,10,16,19,24,26,30-31,33-34,36-37,73H,4-6,8-9,11-15,17-18,20-23,25,27-29,32,35,38-72H2,1-3H3/b10-7-,19-16-,26-24-,31-30-,34-33-,37-36-. The number of ether oxygens (including phenoxy) is 3. The van der Waals surface area contributed by atoms with E-state index < -0.39 is 6.10 Å². The summed E-state index contributed by atoms with van der Waals surface area (Å²) in [4.78, 5) is 38.3. The molecule has 0 aliphatic carbocycles. The third kappa shape index (κ3) is 67.6. The molecule has 0 spiro atoms. The summed E-state index contributed by atoms with van der Waals surface area (Å²) in [6.45, 7) is 6.57. The van der Waals surface area contributed by atoms with Crippen LogP contribution in [0.4, 0.5) is 0 Å². The largest absolute Gasteiger partial charge is 0.462 e. The van der Waals surface area contributed by atoms with Gasteiger partial charge in [-0.3, -0.25) is 14.4 Å². The molecule has 0 aliphatic heterocycles. The van der Waals surface area contributed by atoms with Crippen molar-refractivity contribution in [1.29, 1.82) is 0 Å². The molecule has 0 aromatic rings. The molecule has 6 nitrogen and oxygen atoms in total. The number of rotatable bonds is 66. The van der Waals surface area contributed by atoms with E-state index in [2.05, 4.69) is 93.7 Å². The number of carbonyl (C=O) groups is 3. The number of hydrogen-bond acceptors (Lipinski definition) is 6. The predicted molar refractivity (Wildman–Crippen MR) is 358 cm³/mol. The minimum absolute atomic E-state index is 0.0673. The van der Waals surface area contributed by atoms with Gasteiger partial charge in [-0.1, -0.05) is 357 Å². The predicted octanol–water partition coefficient (Wildman–Crippen LogP) is 24.8. The number of carbonyl (C=O) groups excluding carboxylic acids is 3. The van der Waals surface area contributed by atoms with Crippen LogP contribution in [0.15, 0.2) is 72.9 Å². The lowest BCUT2D eigenvalue weighted by molar-refractivity contribution is -0.167. The van der Waals surface area contributed by atoms with Gasteiger partial charge in [0.25, 0.3) is 0 Å². The molecule has 0 aliphatic rings. The number of hydrogen-bond donors (Lipinski definition) is 0. The van der Waals surface area contributed by atoms with Gasteiger partial charge in [0, 0.05) is 19.3 Å². The smallest absolute Gasteiger partial charge is 0.306 e. The van der Waals surface area contributed by atoms with E-state index in [1.54, 1.807) is 0 Å². The highest BCUT2D eigenvalue weighted by atomic mass is 16.6. The van der Waals surface area contributed by atoms with Crippen molar-refractivity contribution < 1.29 is 28.6 Å². The van der Waals surface area contributed by atoms with E-state index in [0.29, 0.717) is 19.3 Å². The van der Waals surface area contributed by atoms with Crippen molar-refractivity contribution in [2.75, 3.05) is 13.2 Å². The summed E-state index contributed by atoms with van der Waals surface area (Å²) in [7, 11) is 0. The highest BCUT2D eigenvalue weighted by Crippen LogP contribution is 2.18. The lowest BCUT2D eigenvalue weighted by Gasteiger charge is -2.18. The van der Waals surface area contributed by atoms with E-state index in [1.807, 2.05) is 0 Å². The van der Waals surface area contributed by atoms with Gasteiger partial charge < -0.3 is 14.2 Å². The molecule has 0 aromatic carbocycles. The van der Waals surface area contributed by atoms with Crippen LogP contribution in [-0.4, -0.2) is 37.2 Å². The van der Waals surface area contributed by atoms with Crippen LogP contribution in [-0.2, 0) is 28.6 Å². The fraction of sp³-hybridized carbons (Fsp3) is 0.803. The summed E-state index contributed by atoms with van der Waals surface area (Å²) in [6.07, 6.45) is 92.3. The van der Waals surface area contributed by atoms with Crippen molar-refractivity contribution in [2.45, 2.75) is 380 Å². The monoisotopic (exact) mass is 1150 g/mol. The van der Waals surface area contributed by atoms with Crippen LogP contribution in [0.1, 0.15) is 374 Å². The minimum Gasteiger partial charge on any atom is -0.462 e. The van der Waals surface area contributed by atoms with Crippen LogP contribution in [0, 0.1) is 0 Å². The maximum atomic E-state index is 12.9. The summed E-state index contributed by atoms with van der Waals surface area (Å²) in [6, 6.07) is 0. The average molecular weight is 1150 g/mol. The zero-order valence-electron chi connectivity index (χ0n) is 54.8. The van der Waals surface area contributed by atoms with Crippen LogP contribution in [0.5, 0.6) is 0 Å². The molecule has 6 heteroatoms. The van der Waals surface area contributed by atoms with Crippen molar-refractivity contribution >= 4 is 17.9 Å². The number of unbranched alkanes of at least 4 members (excludes halogenated alkanes) is 43. The van der Waals surface area contributed by atoms with Crippen LogP contribution >= 0.6 is 0 Å². The molecule has 0 bridgehead atoms. The molecule has 0 amide bonds. The Morgan fingerprint density at radius 1 is 0.256 bits per heavy atom. The minimum atomic E-state index is -0.769.